The van der Waals surface area contributed by atoms with Crippen LogP contribution in [0.15, 0.2) is 24.5 Å². The van der Waals surface area contributed by atoms with E-state index in [1.165, 1.54) is 12.0 Å². The summed E-state index contributed by atoms with van der Waals surface area (Å²) >= 11 is 0. The van der Waals surface area contributed by atoms with Gasteiger partial charge in [0.1, 0.15) is 7.05 Å². The van der Waals surface area contributed by atoms with Gasteiger partial charge in [-0.2, -0.15) is 0 Å². The number of rotatable bonds is 1. The van der Waals surface area contributed by atoms with Gasteiger partial charge in [0.15, 0.2) is 12.4 Å². The van der Waals surface area contributed by atoms with E-state index in [-0.39, 0.29) is 0 Å². The number of aryl methyl sites for hydroxylation is 1. The summed E-state index contributed by atoms with van der Waals surface area (Å²) in [6.07, 6.45) is 5.66. The third-order valence-corrected chi connectivity index (χ3v) is 2.88. The van der Waals surface area contributed by atoms with Crippen molar-refractivity contribution in [3.63, 3.8) is 0 Å². The zero-order valence-corrected chi connectivity index (χ0v) is 8.04. The summed E-state index contributed by atoms with van der Waals surface area (Å²) in [5, 5.41) is 0. The van der Waals surface area contributed by atoms with Crippen LogP contribution >= 0.6 is 0 Å². The Morgan fingerprint density at radius 2 is 2.17 bits per heavy atom. The van der Waals surface area contributed by atoms with E-state index in [1.807, 2.05) is 0 Å². The zero-order valence-electron chi connectivity index (χ0n) is 8.04. The summed E-state index contributed by atoms with van der Waals surface area (Å²) in [4.78, 5) is 0. The van der Waals surface area contributed by atoms with Crippen molar-refractivity contribution in [1.82, 2.24) is 0 Å². The van der Waals surface area contributed by atoms with Crippen LogP contribution in [-0.4, -0.2) is 0 Å². The Morgan fingerprint density at radius 3 is 2.67 bits per heavy atom. The third-order valence-electron chi connectivity index (χ3n) is 2.88. The molecule has 1 nitrogen and oxygen atoms in total. The van der Waals surface area contributed by atoms with Gasteiger partial charge in [-0.25, -0.2) is 4.57 Å². The normalized spacial score (nSPS) is 25.4. The van der Waals surface area contributed by atoms with Crippen LogP contribution in [-0.2, 0) is 7.05 Å². The van der Waals surface area contributed by atoms with Crippen LogP contribution in [0, 0.1) is 5.41 Å². The molecule has 0 saturated heterocycles. The van der Waals surface area contributed by atoms with Crippen molar-refractivity contribution >= 4 is 0 Å². The molecule has 0 N–H and O–H groups in total. The summed E-state index contributed by atoms with van der Waals surface area (Å²) in [6.45, 7) is 4.68. The maximum atomic E-state index is 2.34. The predicted octanol–water partition coefficient (Wildman–Crippen LogP) is 2.02. The van der Waals surface area contributed by atoms with Crippen molar-refractivity contribution in [2.45, 2.75) is 26.2 Å². The highest BCUT2D eigenvalue weighted by atomic mass is 14.9. The lowest BCUT2D eigenvalue weighted by molar-refractivity contribution is -0.671. The van der Waals surface area contributed by atoms with Crippen LogP contribution in [0.2, 0.25) is 0 Å². The largest absolute Gasteiger partial charge is 0.208 e. The van der Waals surface area contributed by atoms with Crippen molar-refractivity contribution in [3.8, 4) is 0 Å². The summed E-state index contributed by atoms with van der Waals surface area (Å²) in [5.74, 6) is 0.796. The van der Waals surface area contributed by atoms with Gasteiger partial charge >= 0.3 is 0 Å². The molecular formula is C11H16N+. The molecule has 1 atom stereocenters. The minimum Gasteiger partial charge on any atom is -0.208 e. The highest BCUT2D eigenvalue weighted by Crippen LogP contribution is 2.58. The van der Waals surface area contributed by atoms with Gasteiger partial charge in [-0.3, -0.25) is 0 Å². The highest BCUT2D eigenvalue weighted by molar-refractivity contribution is 5.23. The van der Waals surface area contributed by atoms with Gasteiger partial charge < -0.3 is 0 Å². The van der Waals surface area contributed by atoms with E-state index in [1.54, 1.807) is 0 Å². The third kappa shape index (κ3) is 1.24. The number of pyridine rings is 1. The summed E-state index contributed by atoms with van der Waals surface area (Å²) in [5.41, 5.74) is 2.04. The van der Waals surface area contributed by atoms with Crippen molar-refractivity contribution in [2.24, 2.45) is 12.5 Å². The fourth-order valence-electron chi connectivity index (χ4n) is 1.85. The summed E-state index contributed by atoms with van der Waals surface area (Å²) in [6, 6.07) is 4.36. The predicted molar refractivity (Wildman–Crippen MR) is 48.8 cm³/mol. The van der Waals surface area contributed by atoms with Crippen LogP contribution in [0.3, 0.4) is 0 Å². The van der Waals surface area contributed by atoms with Gasteiger partial charge in [0.05, 0.1) is 0 Å². The van der Waals surface area contributed by atoms with E-state index in [0.29, 0.717) is 5.41 Å². The number of hydrogen-bond acceptors (Lipinski definition) is 0. The minimum atomic E-state index is 0.550. The monoisotopic (exact) mass is 162 g/mol. The Balaban J connectivity index is 2.26. The highest BCUT2D eigenvalue weighted by Gasteiger charge is 2.47. The molecule has 1 unspecified atom stereocenters. The van der Waals surface area contributed by atoms with Crippen LogP contribution in [0.4, 0.5) is 0 Å². The van der Waals surface area contributed by atoms with Crippen LogP contribution in [0.25, 0.3) is 0 Å². The van der Waals surface area contributed by atoms with E-state index in [9.17, 15) is 0 Å². The second-order valence-corrected chi connectivity index (χ2v) is 4.55. The summed E-state index contributed by atoms with van der Waals surface area (Å²) < 4.78 is 2.13. The second-order valence-electron chi connectivity index (χ2n) is 4.55. The molecule has 0 bridgehead atoms. The quantitative estimate of drug-likeness (QED) is 0.556. The molecule has 12 heavy (non-hydrogen) atoms. The van der Waals surface area contributed by atoms with Gasteiger partial charge in [-0.1, -0.05) is 13.8 Å². The van der Waals surface area contributed by atoms with Crippen molar-refractivity contribution < 1.29 is 4.57 Å². The zero-order chi connectivity index (χ0) is 8.77. The average Bonchev–Trinajstić information content (AvgIpc) is 2.60. The number of nitrogens with zero attached hydrogens (tertiary/aromatic N) is 1. The van der Waals surface area contributed by atoms with Gasteiger partial charge in [0, 0.05) is 11.6 Å². The van der Waals surface area contributed by atoms with Gasteiger partial charge in [-0.15, -0.1) is 0 Å². The Kier molecular flexibility index (Phi) is 1.50. The van der Waals surface area contributed by atoms with Crippen molar-refractivity contribution in [1.29, 1.82) is 0 Å². The average molecular weight is 162 g/mol. The first-order valence-electron chi connectivity index (χ1n) is 4.55. The Bertz CT molecular complexity index is 302. The van der Waals surface area contributed by atoms with Crippen molar-refractivity contribution in [3.05, 3.63) is 30.1 Å². The van der Waals surface area contributed by atoms with Gasteiger partial charge in [-0.05, 0) is 23.8 Å². The fourth-order valence-corrected chi connectivity index (χ4v) is 1.85. The van der Waals surface area contributed by atoms with Crippen LogP contribution < -0.4 is 4.57 Å². The second kappa shape index (κ2) is 2.32. The van der Waals surface area contributed by atoms with Crippen molar-refractivity contribution in [2.75, 3.05) is 0 Å². The lowest BCUT2D eigenvalue weighted by Gasteiger charge is -2.00. The molecule has 0 amide bonds. The molecule has 1 heteroatoms. The number of aromatic nitrogens is 1. The van der Waals surface area contributed by atoms with E-state index in [2.05, 4.69) is 50.0 Å². The van der Waals surface area contributed by atoms with E-state index in [0.717, 1.165) is 5.92 Å². The molecule has 0 aliphatic heterocycles. The first-order valence-corrected chi connectivity index (χ1v) is 4.55. The lowest BCUT2D eigenvalue weighted by Crippen LogP contribution is -2.26. The first-order chi connectivity index (χ1) is 5.59. The maximum Gasteiger partial charge on any atom is 0.172 e. The Hall–Kier alpha value is -0.850. The van der Waals surface area contributed by atoms with E-state index in [4.69, 9.17) is 0 Å². The smallest absolute Gasteiger partial charge is 0.172 e. The Labute approximate surface area is 74.0 Å². The molecule has 1 aromatic heterocycles. The van der Waals surface area contributed by atoms with Crippen LogP contribution in [0.1, 0.15) is 31.7 Å². The molecule has 1 aromatic rings. The van der Waals surface area contributed by atoms with Crippen LogP contribution in [0.5, 0.6) is 0 Å². The molecule has 64 valence electrons. The standard InChI is InChI=1S/C11H16N/c1-11(2)7-10(11)9-5-4-6-12(3)8-9/h4-6,8,10H,7H2,1-3H3/q+1. The topological polar surface area (TPSA) is 3.88 Å². The number of hydrogen-bond donors (Lipinski definition) is 0. The molecule has 1 heterocycles. The molecule has 0 radical (unpaired) electrons. The molecular weight excluding hydrogens is 146 g/mol. The molecule has 1 aliphatic carbocycles. The van der Waals surface area contributed by atoms with E-state index >= 15 is 0 Å². The molecule has 0 spiro atoms. The van der Waals surface area contributed by atoms with E-state index < -0.39 is 0 Å². The molecule has 0 aromatic carbocycles. The lowest BCUT2D eigenvalue weighted by atomic mass is 10.1. The molecule has 1 saturated carbocycles. The Morgan fingerprint density at radius 1 is 1.50 bits per heavy atom. The maximum absolute atomic E-state index is 2.34. The minimum absolute atomic E-state index is 0.550. The fraction of sp³-hybridized carbons (Fsp3) is 0.545. The summed E-state index contributed by atoms with van der Waals surface area (Å²) in [7, 11) is 2.08. The van der Waals surface area contributed by atoms with Gasteiger partial charge in [0.25, 0.3) is 0 Å². The SMILES string of the molecule is C[n+]1cccc(C2CC2(C)C)c1. The molecule has 1 aliphatic rings. The molecule has 1 fully saturated rings. The molecule has 2 rings (SSSR count). The van der Waals surface area contributed by atoms with Gasteiger partial charge in [0.2, 0.25) is 0 Å². The first kappa shape index (κ1) is 7.78.